The van der Waals surface area contributed by atoms with Crippen LogP contribution in [0.3, 0.4) is 0 Å². The molecule has 1 aromatic carbocycles. The highest BCUT2D eigenvalue weighted by atomic mass is 32.2. The van der Waals surface area contributed by atoms with Gasteiger partial charge in [-0.25, -0.2) is 0 Å². The predicted octanol–water partition coefficient (Wildman–Crippen LogP) is 2.55. The van der Waals surface area contributed by atoms with Crippen molar-refractivity contribution in [3.63, 3.8) is 0 Å². The third-order valence-corrected chi connectivity index (χ3v) is 4.12. The summed E-state index contributed by atoms with van der Waals surface area (Å²) < 4.78 is 1.83. The fraction of sp³-hybridized carbons (Fsp3) is 0.333. The van der Waals surface area contributed by atoms with Crippen LogP contribution in [-0.4, -0.2) is 31.7 Å². The fourth-order valence-corrected chi connectivity index (χ4v) is 2.62. The van der Waals surface area contributed by atoms with E-state index in [1.54, 1.807) is 6.33 Å². The number of nitrogens with one attached hydrogen (secondary N) is 1. The quantitative estimate of drug-likeness (QED) is 0.720. The Morgan fingerprint density at radius 3 is 2.52 bits per heavy atom. The van der Waals surface area contributed by atoms with E-state index in [0.29, 0.717) is 19.3 Å². The molecule has 0 aliphatic rings. The molecule has 2 N–H and O–H groups in total. The Morgan fingerprint density at radius 1 is 1.22 bits per heavy atom. The first-order valence-corrected chi connectivity index (χ1v) is 8.00. The summed E-state index contributed by atoms with van der Waals surface area (Å²) >= 11 is 1.49. The predicted molar refractivity (Wildman–Crippen MR) is 86.3 cm³/mol. The van der Waals surface area contributed by atoms with E-state index in [4.69, 9.17) is 5.11 Å². The van der Waals surface area contributed by atoms with Crippen molar-refractivity contribution in [1.82, 2.24) is 14.8 Å². The molecule has 1 heterocycles. The van der Waals surface area contributed by atoms with Crippen LogP contribution >= 0.6 is 11.8 Å². The number of hydrogen-bond acceptors (Lipinski definition) is 5. The smallest absolute Gasteiger partial charge is 0.303 e. The monoisotopic (exact) mass is 334 g/mol. The first-order valence-electron chi connectivity index (χ1n) is 7.18. The second-order valence-corrected chi connectivity index (χ2v) is 6.04. The molecule has 1 amide bonds. The second-order valence-electron chi connectivity index (χ2n) is 5.00. The summed E-state index contributed by atoms with van der Waals surface area (Å²) in [6.45, 7) is 0. The van der Waals surface area contributed by atoms with Gasteiger partial charge in [0, 0.05) is 30.5 Å². The van der Waals surface area contributed by atoms with Crippen molar-refractivity contribution in [2.45, 2.75) is 35.7 Å². The van der Waals surface area contributed by atoms with Crippen molar-refractivity contribution >= 4 is 29.3 Å². The van der Waals surface area contributed by atoms with Crippen LogP contribution in [0.1, 0.15) is 25.7 Å². The summed E-state index contributed by atoms with van der Waals surface area (Å²) in [5.74, 6) is -0.939. The number of anilines is 1. The number of hydrogen-bond donors (Lipinski definition) is 2. The minimum Gasteiger partial charge on any atom is -0.481 e. The summed E-state index contributed by atoms with van der Waals surface area (Å²) in [5.41, 5.74) is 0.718. The number of carbonyl (C=O) groups excluding carboxylic acids is 1. The van der Waals surface area contributed by atoms with E-state index in [1.165, 1.54) is 11.8 Å². The number of carbonyl (C=O) groups is 2. The number of unbranched alkanes of at least 4 members (excludes halogenated alkanes) is 1. The van der Waals surface area contributed by atoms with Gasteiger partial charge < -0.3 is 15.0 Å². The molecule has 23 heavy (non-hydrogen) atoms. The minimum absolute atomic E-state index is 0.0985. The van der Waals surface area contributed by atoms with Crippen molar-refractivity contribution in [3.8, 4) is 0 Å². The van der Waals surface area contributed by atoms with Crippen molar-refractivity contribution in [3.05, 3.63) is 30.6 Å². The van der Waals surface area contributed by atoms with Gasteiger partial charge in [0.15, 0.2) is 5.16 Å². The maximum Gasteiger partial charge on any atom is 0.303 e. The normalized spacial score (nSPS) is 10.5. The molecule has 1 aromatic heterocycles. The van der Waals surface area contributed by atoms with Crippen LogP contribution in [-0.2, 0) is 16.6 Å². The van der Waals surface area contributed by atoms with Crippen LogP contribution in [0.25, 0.3) is 0 Å². The van der Waals surface area contributed by atoms with Crippen molar-refractivity contribution in [1.29, 1.82) is 0 Å². The molecule has 0 atom stereocenters. The van der Waals surface area contributed by atoms with E-state index in [9.17, 15) is 9.59 Å². The summed E-state index contributed by atoms with van der Waals surface area (Å²) in [7, 11) is 1.88. The summed E-state index contributed by atoms with van der Waals surface area (Å²) in [4.78, 5) is 23.1. The molecule has 0 fully saturated rings. The topological polar surface area (TPSA) is 97.1 Å². The van der Waals surface area contributed by atoms with Crippen LogP contribution < -0.4 is 5.32 Å². The summed E-state index contributed by atoms with van der Waals surface area (Å²) in [6.07, 6.45) is 3.14. The van der Waals surface area contributed by atoms with Crippen LogP contribution in [0.4, 0.5) is 5.69 Å². The van der Waals surface area contributed by atoms with Crippen LogP contribution in [0.15, 0.2) is 40.6 Å². The number of amides is 1. The number of rotatable bonds is 8. The van der Waals surface area contributed by atoms with Gasteiger partial charge in [-0.1, -0.05) is 0 Å². The lowest BCUT2D eigenvalue weighted by Crippen LogP contribution is -2.11. The number of aryl methyl sites for hydroxylation is 1. The first kappa shape index (κ1) is 17.0. The molecule has 2 rings (SSSR count). The van der Waals surface area contributed by atoms with E-state index < -0.39 is 5.97 Å². The van der Waals surface area contributed by atoms with Crippen molar-refractivity contribution < 1.29 is 14.7 Å². The van der Waals surface area contributed by atoms with Crippen molar-refractivity contribution in [2.75, 3.05) is 5.32 Å². The van der Waals surface area contributed by atoms with Crippen LogP contribution in [0.5, 0.6) is 0 Å². The van der Waals surface area contributed by atoms with E-state index in [0.717, 1.165) is 15.7 Å². The second kappa shape index (κ2) is 8.33. The molecule has 0 saturated carbocycles. The number of nitrogens with zero attached hydrogens (tertiary/aromatic N) is 3. The third kappa shape index (κ3) is 5.74. The molecular weight excluding hydrogens is 316 g/mol. The zero-order chi connectivity index (χ0) is 16.7. The average molecular weight is 334 g/mol. The summed E-state index contributed by atoms with van der Waals surface area (Å²) in [6, 6.07) is 7.46. The highest BCUT2D eigenvalue weighted by Gasteiger charge is 2.06. The highest BCUT2D eigenvalue weighted by molar-refractivity contribution is 7.99. The molecule has 0 aliphatic heterocycles. The maximum atomic E-state index is 11.8. The Morgan fingerprint density at radius 2 is 1.91 bits per heavy atom. The zero-order valence-corrected chi connectivity index (χ0v) is 13.5. The van der Waals surface area contributed by atoms with Gasteiger partial charge in [-0.05, 0) is 48.9 Å². The SMILES string of the molecule is Cn1cnnc1Sc1ccc(NC(=O)CCCCC(=O)O)cc1. The lowest BCUT2D eigenvalue weighted by molar-refractivity contribution is -0.137. The fourth-order valence-electron chi connectivity index (χ4n) is 1.86. The Bertz CT molecular complexity index is 670. The van der Waals surface area contributed by atoms with Crippen molar-refractivity contribution in [2.24, 2.45) is 7.05 Å². The number of aromatic nitrogens is 3. The Labute approximate surface area is 138 Å². The van der Waals surface area contributed by atoms with Gasteiger partial charge in [0.05, 0.1) is 0 Å². The molecule has 0 bridgehead atoms. The van der Waals surface area contributed by atoms with Gasteiger partial charge in [-0.2, -0.15) is 0 Å². The van der Waals surface area contributed by atoms with E-state index in [2.05, 4.69) is 15.5 Å². The largest absolute Gasteiger partial charge is 0.481 e. The van der Waals surface area contributed by atoms with Gasteiger partial charge >= 0.3 is 5.97 Å². The minimum atomic E-state index is -0.832. The van der Waals surface area contributed by atoms with Gasteiger partial charge in [0.25, 0.3) is 0 Å². The molecule has 0 spiro atoms. The number of benzene rings is 1. The molecular formula is C15H18N4O3S. The Balaban J connectivity index is 1.79. The molecule has 7 nitrogen and oxygen atoms in total. The standard InChI is InChI=1S/C15H18N4O3S/c1-19-10-16-18-15(19)23-12-8-6-11(7-9-12)17-13(20)4-2-3-5-14(21)22/h6-10H,2-5H2,1H3,(H,17,20)(H,21,22). The number of carboxylic acids is 1. The summed E-state index contributed by atoms with van der Waals surface area (Å²) in [5, 5.41) is 19.9. The molecule has 2 aromatic rings. The van der Waals surface area contributed by atoms with Gasteiger partial charge in [-0.15, -0.1) is 10.2 Å². The Hall–Kier alpha value is -2.35. The van der Waals surface area contributed by atoms with E-state index in [-0.39, 0.29) is 12.3 Å². The zero-order valence-electron chi connectivity index (χ0n) is 12.7. The third-order valence-electron chi connectivity index (χ3n) is 3.06. The molecule has 0 radical (unpaired) electrons. The lowest BCUT2D eigenvalue weighted by atomic mass is 10.2. The molecule has 8 heteroatoms. The maximum absolute atomic E-state index is 11.8. The van der Waals surface area contributed by atoms with E-state index in [1.807, 2.05) is 35.9 Å². The van der Waals surface area contributed by atoms with Crippen LogP contribution in [0.2, 0.25) is 0 Å². The molecule has 122 valence electrons. The van der Waals surface area contributed by atoms with Gasteiger partial charge in [0.1, 0.15) is 6.33 Å². The van der Waals surface area contributed by atoms with Crippen LogP contribution in [0, 0.1) is 0 Å². The first-order chi connectivity index (χ1) is 11.0. The van der Waals surface area contributed by atoms with Gasteiger partial charge in [-0.3, -0.25) is 9.59 Å². The Kier molecular flexibility index (Phi) is 6.16. The number of aliphatic carboxylic acids is 1. The molecule has 0 saturated heterocycles. The molecule has 0 aliphatic carbocycles. The molecule has 0 unspecified atom stereocenters. The average Bonchev–Trinajstić information content (AvgIpc) is 2.91. The number of carboxylic acid groups (broad SMARTS) is 1. The van der Waals surface area contributed by atoms with Gasteiger partial charge in [0.2, 0.25) is 5.91 Å². The highest BCUT2D eigenvalue weighted by Crippen LogP contribution is 2.26. The van der Waals surface area contributed by atoms with E-state index >= 15 is 0 Å². The lowest BCUT2D eigenvalue weighted by Gasteiger charge is -2.06.